The third-order valence-corrected chi connectivity index (χ3v) is 5.63. The Hall–Kier alpha value is -2.33. The van der Waals surface area contributed by atoms with Crippen LogP contribution in [0.5, 0.6) is 0 Å². The summed E-state index contributed by atoms with van der Waals surface area (Å²) in [6.45, 7) is 3.84. The van der Waals surface area contributed by atoms with Crippen LogP contribution in [0.1, 0.15) is 45.6 Å². The SMILES string of the molecule is CC(C)n1c(SCC(=O)NC2(C#N)CCCC2)nc2ccccc2c1=O. The topological polar surface area (TPSA) is 87.8 Å². The number of thioether (sulfide) groups is 1. The van der Waals surface area contributed by atoms with E-state index in [1.807, 2.05) is 26.0 Å². The van der Waals surface area contributed by atoms with Gasteiger partial charge < -0.3 is 5.32 Å². The van der Waals surface area contributed by atoms with Crippen LogP contribution >= 0.6 is 11.8 Å². The third-order valence-electron chi connectivity index (χ3n) is 4.67. The number of carbonyl (C=O) groups excluding carboxylic acids is 1. The van der Waals surface area contributed by atoms with E-state index in [-0.39, 0.29) is 23.3 Å². The number of aromatic nitrogens is 2. The molecular weight excluding hydrogens is 348 g/mol. The molecule has 0 aliphatic heterocycles. The number of benzene rings is 1. The molecule has 1 fully saturated rings. The van der Waals surface area contributed by atoms with Crippen LogP contribution in [0.3, 0.4) is 0 Å². The van der Waals surface area contributed by atoms with Gasteiger partial charge >= 0.3 is 0 Å². The van der Waals surface area contributed by atoms with Gasteiger partial charge in [-0.25, -0.2) is 4.98 Å². The minimum atomic E-state index is -0.730. The summed E-state index contributed by atoms with van der Waals surface area (Å²) in [4.78, 5) is 29.7. The largest absolute Gasteiger partial charge is 0.337 e. The summed E-state index contributed by atoms with van der Waals surface area (Å²) >= 11 is 1.24. The predicted molar refractivity (Wildman–Crippen MR) is 102 cm³/mol. The number of para-hydroxylation sites is 1. The van der Waals surface area contributed by atoms with E-state index >= 15 is 0 Å². The fourth-order valence-electron chi connectivity index (χ4n) is 3.36. The molecule has 1 heterocycles. The Balaban J connectivity index is 1.82. The second kappa shape index (κ2) is 7.50. The van der Waals surface area contributed by atoms with E-state index in [1.54, 1.807) is 16.7 Å². The second-order valence-electron chi connectivity index (χ2n) is 6.92. The molecule has 6 nitrogen and oxygen atoms in total. The molecule has 0 spiro atoms. The zero-order chi connectivity index (χ0) is 18.7. The van der Waals surface area contributed by atoms with Gasteiger partial charge in [-0.1, -0.05) is 23.9 Å². The predicted octanol–water partition coefficient (Wildman–Crippen LogP) is 3.02. The summed E-state index contributed by atoms with van der Waals surface area (Å²) in [6.07, 6.45) is 3.32. The zero-order valence-electron chi connectivity index (χ0n) is 15.0. The van der Waals surface area contributed by atoms with E-state index in [1.165, 1.54) is 11.8 Å². The summed E-state index contributed by atoms with van der Waals surface area (Å²) in [5, 5.41) is 13.4. The minimum absolute atomic E-state index is 0.0644. The highest BCUT2D eigenvalue weighted by atomic mass is 32.2. The number of carbonyl (C=O) groups is 1. The Morgan fingerprint density at radius 1 is 1.38 bits per heavy atom. The van der Waals surface area contributed by atoms with Gasteiger partial charge in [-0.3, -0.25) is 14.2 Å². The number of hydrogen-bond donors (Lipinski definition) is 1. The molecule has 1 aliphatic carbocycles. The Labute approximate surface area is 156 Å². The summed E-state index contributed by atoms with van der Waals surface area (Å²) in [5.41, 5.74) is -0.203. The summed E-state index contributed by atoms with van der Waals surface area (Å²) in [6, 6.07) is 9.42. The van der Waals surface area contributed by atoms with Crippen LogP contribution in [0, 0.1) is 11.3 Å². The summed E-state index contributed by atoms with van der Waals surface area (Å²) in [7, 11) is 0. The van der Waals surface area contributed by atoms with Crippen molar-refractivity contribution < 1.29 is 4.79 Å². The number of nitrogens with one attached hydrogen (secondary N) is 1. The summed E-state index contributed by atoms with van der Waals surface area (Å²) in [5.74, 6) is -0.0721. The lowest BCUT2D eigenvalue weighted by Gasteiger charge is -2.22. The maximum Gasteiger partial charge on any atom is 0.262 e. The quantitative estimate of drug-likeness (QED) is 0.646. The second-order valence-corrected chi connectivity index (χ2v) is 7.86. The van der Waals surface area contributed by atoms with Gasteiger partial charge in [0.25, 0.3) is 5.56 Å². The normalized spacial score (nSPS) is 15.9. The van der Waals surface area contributed by atoms with E-state index < -0.39 is 5.54 Å². The molecule has 1 N–H and O–H groups in total. The molecule has 1 aromatic heterocycles. The fraction of sp³-hybridized carbons (Fsp3) is 0.474. The van der Waals surface area contributed by atoms with Gasteiger partial charge in [0.2, 0.25) is 5.91 Å². The van der Waals surface area contributed by atoms with Crippen LogP contribution in [-0.4, -0.2) is 26.8 Å². The zero-order valence-corrected chi connectivity index (χ0v) is 15.8. The standard InChI is InChI=1S/C19H22N4O2S/c1-13(2)23-17(25)14-7-3-4-8-15(14)21-18(23)26-11-16(24)22-19(12-20)9-5-6-10-19/h3-4,7-8,13H,5-6,9-11H2,1-2H3,(H,22,24). The molecule has 3 rings (SSSR count). The number of amides is 1. The van der Waals surface area contributed by atoms with Crippen LogP contribution in [0.15, 0.2) is 34.2 Å². The first kappa shape index (κ1) is 18.5. The molecule has 0 atom stereocenters. The molecule has 0 radical (unpaired) electrons. The Morgan fingerprint density at radius 2 is 2.08 bits per heavy atom. The van der Waals surface area contributed by atoms with E-state index in [9.17, 15) is 14.9 Å². The third kappa shape index (κ3) is 3.61. The van der Waals surface area contributed by atoms with Crippen molar-refractivity contribution in [1.29, 1.82) is 5.26 Å². The van der Waals surface area contributed by atoms with Gasteiger partial charge in [0.15, 0.2) is 5.16 Å². The Kier molecular flexibility index (Phi) is 5.33. The van der Waals surface area contributed by atoms with Gasteiger partial charge in [0.05, 0.1) is 22.7 Å². The van der Waals surface area contributed by atoms with Crippen molar-refractivity contribution in [1.82, 2.24) is 14.9 Å². The highest BCUT2D eigenvalue weighted by Crippen LogP contribution is 2.29. The Morgan fingerprint density at radius 3 is 2.73 bits per heavy atom. The first-order valence-corrected chi connectivity index (χ1v) is 9.81. The number of fused-ring (bicyclic) bond motifs is 1. The van der Waals surface area contributed by atoms with Crippen molar-refractivity contribution in [3.8, 4) is 6.07 Å². The van der Waals surface area contributed by atoms with Crippen LogP contribution in [-0.2, 0) is 4.79 Å². The average Bonchev–Trinajstić information content (AvgIpc) is 3.08. The highest BCUT2D eigenvalue weighted by Gasteiger charge is 2.35. The molecule has 26 heavy (non-hydrogen) atoms. The minimum Gasteiger partial charge on any atom is -0.337 e. The fourth-order valence-corrected chi connectivity index (χ4v) is 4.29. The van der Waals surface area contributed by atoms with Gasteiger partial charge in [-0.15, -0.1) is 0 Å². The van der Waals surface area contributed by atoms with Crippen molar-refractivity contribution in [2.45, 2.75) is 56.3 Å². The lowest BCUT2D eigenvalue weighted by molar-refractivity contribution is -0.119. The van der Waals surface area contributed by atoms with Crippen molar-refractivity contribution in [2.24, 2.45) is 0 Å². The Bertz CT molecular complexity index is 923. The molecule has 136 valence electrons. The smallest absolute Gasteiger partial charge is 0.262 e. The molecule has 1 aliphatic rings. The van der Waals surface area contributed by atoms with Gasteiger partial charge in [-0.05, 0) is 51.7 Å². The van der Waals surface area contributed by atoms with E-state index in [0.717, 1.165) is 12.8 Å². The van der Waals surface area contributed by atoms with Crippen LogP contribution in [0.4, 0.5) is 0 Å². The van der Waals surface area contributed by atoms with Crippen molar-refractivity contribution in [3.05, 3.63) is 34.6 Å². The number of nitrogens with zero attached hydrogens (tertiary/aromatic N) is 3. The maximum atomic E-state index is 12.8. The van der Waals surface area contributed by atoms with E-state index in [4.69, 9.17) is 0 Å². The van der Waals surface area contributed by atoms with Crippen molar-refractivity contribution in [2.75, 3.05) is 5.75 Å². The highest BCUT2D eigenvalue weighted by molar-refractivity contribution is 7.99. The number of rotatable bonds is 5. The molecular formula is C19H22N4O2S. The molecule has 1 saturated carbocycles. The lowest BCUT2D eigenvalue weighted by Crippen LogP contribution is -2.45. The summed E-state index contributed by atoms with van der Waals surface area (Å²) < 4.78 is 1.62. The van der Waals surface area contributed by atoms with Crippen LogP contribution in [0.2, 0.25) is 0 Å². The molecule has 2 aromatic rings. The first-order chi connectivity index (χ1) is 12.5. The van der Waals surface area contributed by atoms with Gasteiger partial charge in [0, 0.05) is 6.04 Å². The molecule has 1 amide bonds. The maximum absolute atomic E-state index is 12.8. The van der Waals surface area contributed by atoms with Gasteiger partial charge in [0.1, 0.15) is 5.54 Å². The lowest BCUT2D eigenvalue weighted by atomic mass is 10.0. The molecule has 0 saturated heterocycles. The van der Waals surface area contributed by atoms with Crippen molar-refractivity contribution >= 4 is 28.6 Å². The van der Waals surface area contributed by atoms with E-state index in [2.05, 4.69) is 16.4 Å². The molecule has 0 unspecified atom stereocenters. The molecule has 1 aromatic carbocycles. The number of nitriles is 1. The van der Waals surface area contributed by atoms with E-state index in [0.29, 0.717) is 28.9 Å². The van der Waals surface area contributed by atoms with Crippen molar-refractivity contribution in [3.63, 3.8) is 0 Å². The first-order valence-electron chi connectivity index (χ1n) is 8.82. The van der Waals surface area contributed by atoms with Crippen LogP contribution in [0.25, 0.3) is 10.9 Å². The van der Waals surface area contributed by atoms with Gasteiger partial charge in [-0.2, -0.15) is 5.26 Å². The number of hydrogen-bond acceptors (Lipinski definition) is 5. The monoisotopic (exact) mass is 370 g/mol. The molecule has 0 bridgehead atoms. The average molecular weight is 370 g/mol. The molecule has 7 heteroatoms. The van der Waals surface area contributed by atoms with Crippen LogP contribution < -0.4 is 10.9 Å².